The Bertz CT molecular complexity index is 1110. The van der Waals surface area contributed by atoms with Crippen molar-refractivity contribution in [3.63, 3.8) is 0 Å². The van der Waals surface area contributed by atoms with Crippen molar-refractivity contribution in [2.45, 2.75) is 4.90 Å². The van der Waals surface area contributed by atoms with Crippen molar-refractivity contribution in [3.8, 4) is 11.1 Å². The number of aromatic nitrogens is 2. The molecule has 25 heavy (non-hydrogen) atoms. The summed E-state index contributed by atoms with van der Waals surface area (Å²) in [5.74, 6) is 0. The molecule has 0 aliphatic heterocycles. The third-order valence-corrected chi connectivity index (χ3v) is 4.31. The lowest BCUT2D eigenvalue weighted by atomic mass is 10.3. The molecule has 0 amide bonds. The van der Waals surface area contributed by atoms with Crippen molar-refractivity contribution < 1.29 is 0 Å². The van der Waals surface area contributed by atoms with Crippen LogP contribution in [0.3, 0.4) is 0 Å². The van der Waals surface area contributed by atoms with E-state index in [0.717, 1.165) is 22.3 Å². The Kier molecular flexibility index (Phi) is 4.98. The average molecular weight is 369 g/mol. The molecule has 0 aliphatic rings. The predicted molar refractivity (Wildman–Crippen MR) is 102 cm³/mol. The van der Waals surface area contributed by atoms with Gasteiger partial charge >= 0.3 is 0 Å². The first-order valence-corrected chi connectivity index (χ1v) is 8.46. The minimum Gasteiger partial charge on any atom is -0.361 e. The summed E-state index contributed by atoms with van der Waals surface area (Å²) >= 11 is 7.08. The standard InChI is InChI=1S/C18H13ClN4OS/c1-12-17(10-21-14-5-7-16(8-6-14)25-11-20)18(24)23(22-12)15-4-2-3-13(19)9-15/h2-10,21-22H,1H2. The van der Waals surface area contributed by atoms with E-state index in [1.165, 1.54) is 4.68 Å². The molecule has 0 aliphatic carbocycles. The van der Waals surface area contributed by atoms with E-state index in [0.29, 0.717) is 21.3 Å². The normalized spacial score (nSPS) is 11.3. The zero-order valence-corrected chi connectivity index (χ0v) is 14.6. The van der Waals surface area contributed by atoms with Crippen LogP contribution in [0.15, 0.2) is 58.2 Å². The largest absolute Gasteiger partial charge is 0.361 e. The van der Waals surface area contributed by atoms with Gasteiger partial charge in [0.25, 0.3) is 5.56 Å². The van der Waals surface area contributed by atoms with E-state index >= 15 is 0 Å². The molecular formula is C18H13ClN4OS. The summed E-state index contributed by atoms with van der Waals surface area (Å²) in [7, 11) is 0. The number of aromatic amines is 1. The van der Waals surface area contributed by atoms with Crippen LogP contribution >= 0.6 is 23.4 Å². The van der Waals surface area contributed by atoms with Gasteiger partial charge < -0.3 is 5.32 Å². The summed E-state index contributed by atoms with van der Waals surface area (Å²) in [6, 6.07) is 14.3. The van der Waals surface area contributed by atoms with Crippen molar-refractivity contribution in [2.75, 3.05) is 5.32 Å². The molecule has 2 aromatic carbocycles. The number of hydrogen-bond acceptors (Lipinski definition) is 4. The van der Waals surface area contributed by atoms with Gasteiger partial charge in [0.1, 0.15) is 5.40 Å². The smallest absolute Gasteiger partial charge is 0.280 e. The third-order valence-electron chi connectivity index (χ3n) is 3.47. The second-order valence-electron chi connectivity index (χ2n) is 5.13. The second kappa shape index (κ2) is 7.34. The maximum atomic E-state index is 12.6. The van der Waals surface area contributed by atoms with Crippen LogP contribution in [-0.2, 0) is 0 Å². The molecule has 0 radical (unpaired) electrons. The highest BCUT2D eigenvalue weighted by atomic mass is 35.5. The van der Waals surface area contributed by atoms with Crippen LogP contribution in [0.4, 0.5) is 5.69 Å². The van der Waals surface area contributed by atoms with Gasteiger partial charge in [-0.15, -0.1) is 0 Å². The number of thiocyanates is 1. The van der Waals surface area contributed by atoms with Crippen LogP contribution in [0.2, 0.25) is 5.02 Å². The van der Waals surface area contributed by atoms with Gasteiger partial charge in [0.05, 0.1) is 16.3 Å². The summed E-state index contributed by atoms with van der Waals surface area (Å²) in [5.41, 5.74) is 1.22. The first kappa shape index (κ1) is 17.0. The van der Waals surface area contributed by atoms with E-state index in [1.54, 1.807) is 30.5 Å². The molecule has 1 aromatic heterocycles. The predicted octanol–water partition coefficient (Wildman–Crippen LogP) is 2.65. The van der Waals surface area contributed by atoms with Crippen molar-refractivity contribution in [1.82, 2.24) is 9.78 Å². The highest BCUT2D eigenvalue weighted by molar-refractivity contribution is 8.03. The molecule has 124 valence electrons. The molecule has 0 unspecified atom stereocenters. The summed E-state index contributed by atoms with van der Waals surface area (Å²) in [6.07, 6.45) is 1.61. The molecule has 0 fully saturated rings. The quantitative estimate of drug-likeness (QED) is 0.548. The van der Waals surface area contributed by atoms with Crippen LogP contribution in [0.5, 0.6) is 0 Å². The van der Waals surface area contributed by atoms with Crippen LogP contribution in [-0.4, -0.2) is 9.78 Å². The molecule has 3 rings (SSSR count). The highest BCUT2D eigenvalue weighted by Gasteiger charge is 2.05. The molecule has 2 N–H and O–H groups in total. The van der Waals surface area contributed by atoms with Gasteiger partial charge in [-0.2, -0.15) is 5.26 Å². The fourth-order valence-electron chi connectivity index (χ4n) is 2.27. The fourth-order valence-corrected chi connectivity index (χ4v) is 2.83. The highest BCUT2D eigenvalue weighted by Crippen LogP contribution is 2.18. The summed E-state index contributed by atoms with van der Waals surface area (Å²) in [6.45, 7) is 3.88. The first-order chi connectivity index (χ1) is 12.1. The van der Waals surface area contributed by atoms with Crippen molar-refractivity contribution in [3.05, 3.63) is 74.5 Å². The number of rotatable bonds is 4. The second-order valence-corrected chi connectivity index (χ2v) is 6.43. The lowest BCUT2D eigenvalue weighted by Crippen LogP contribution is -2.34. The van der Waals surface area contributed by atoms with Crippen molar-refractivity contribution in [2.24, 2.45) is 0 Å². The van der Waals surface area contributed by atoms with E-state index in [1.807, 2.05) is 29.7 Å². The van der Waals surface area contributed by atoms with E-state index in [4.69, 9.17) is 16.9 Å². The number of nitriles is 1. The monoisotopic (exact) mass is 368 g/mol. The number of benzene rings is 2. The first-order valence-electron chi connectivity index (χ1n) is 7.27. The van der Waals surface area contributed by atoms with Crippen LogP contribution < -0.4 is 21.4 Å². The van der Waals surface area contributed by atoms with Crippen molar-refractivity contribution in [1.29, 1.82) is 5.26 Å². The summed E-state index contributed by atoms with van der Waals surface area (Å²) in [5, 5.41) is 18.2. The maximum absolute atomic E-state index is 12.6. The zero-order valence-electron chi connectivity index (χ0n) is 13.0. The molecule has 0 atom stereocenters. The number of halogens is 1. The van der Waals surface area contributed by atoms with Gasteiger partial charge in [-0.05, 0) is 54.2 Å². The van der Waals surface area contributed by atoms with E-state index in [9.17, 15) is 4.79 Å². The van der Waals surface area contributed by atoms with Gasteiger partial charge in [-0.25, -0.2) is 4.68 Å². The fraction of sp³-hybridized carbons (Fsp3) is 0. The lowest BCUT2D eigenvalue weighted by Gasteiger charge is -2.01. The van der Waals surface area contributed by atoms with Crippen LogP contribution in [0.1, 0.15) is 0 Å². The Morgan fingerprint density at radius 3 is 2.72 bits per heavy atom. The van der Waals surface area contributed by atoms with Gasteiger partial charge in [0.2, 0.25) is 0 Å². The van der Waals surface area contributed by atoms with Gasteiger partial charge in [0, 0.05) is 21.8 Å². The summed E-state index contributed by atoms with van der Waals surface area (Å²) in [4.78, 5) is 13.5. The van der Waals surface area contributed by atoms with Gasteiger partial charge in [0.15, 0.2) is 0 Å². The number of H-pyrrole nitrogens is 1. The van der Waals surface area contributed by atoms with E-state index in [2.05, 4.69) is 17.0 Å². The lowest BCUT2D eigenvalue weighted by molar-refractivity contribution is 0.838. The molecule has 5 nitrogen and oxygen atoms in total. The van der Waals surface area contributed by atoms with E-state index < -0.39 is 0 Å². The van der Waals surface area contributed by atoms with Gasteiger partial charge in [-0.3, -0.25) is 9.89 Å². The average Bonchev–Trinajstić information content (AvgIpc) is 2.89. The Morgan fingerprint density at radius 1 is 1.28 bits per heavy atom. The molecular weight excluding hydrogens is 356 g/mol. The van der Waals surface area contributed by atoms with Crippen LogP contribution in [0, 0.1) is 10.7 Å². The molecule has 7 heteroatoms. The molecule has 1 heterocycles. The van der Waals surface area contributed by atoms with Crippen LogP contribution in [0.25, 0.3) is 18.5 Å². The number of hydrogen-bond donors (Lipinski definition) is 2. The molecule has 0 spiro atoms. The van der Waals surface area contributed by atoms with E-state index in [-0.39, 0.29) is 5.56 Å². The number of thioether (sulfide) groups is 1. The zero-order chi connectivity index (χ0) is 17.8. The molecule has 0 saturated heterocycles. The number of nitrogens with zero attached hydrogens (tertiary/aromatic N) is 2. The number of nitrogens with one attached hydrogen (secondary N) is 2. The van der Waals surface area contributed by atoms with Crippen molar-refractivity contribution >= 4 is 41.8 Å². The maximum Gasteiger partial charge on any atom is 0.280 e. The SMILES string of the molecule is C=c1[nH]n(-c2cccc(Cl)c2)c(=O)c1=CNc1ccc(SC#N)cc1. The Balaban J connectivity index is 1.93. The third kappa shape index (κ3) is 3.79. The minimum atomic E-state index is -0.226. The Labute approximate surface area is 152 Å². The van der Waals surface area contributed by atoms with Gasteiger partial charge in [-0.1, -0.05) is 24.2 Å². The molecule has 0 saturated carbocycles. The topological polar surface area (TPSA) is 73.6 Å². The minimum absolute atomic E-state index is 0.226. The Hall–Kier alpha value is -2.88. The Morgan fingerprint density at radius 2 is 2.04 bits per heavy atom. The molecule has 0 bridgehead atoms. The summed E-state index contributed by atoms with van der Waals surface area (Å²) < 4.78 is 1.40. The number of anilines is 1. The molecule has 3 aromatic rings.